The number of piperazine rings is 1. The van der Waals surface area contributed by atoms with Crippen molar-refractivity contribution < 1.29 is 17.9 Å². The van der Waals surface area contributed by atoms with Crippen molar-refractivity contribution in [1.29, 1.82) is 0 Å². The molecule has 38 heavy (non-hydrogen) atoms. The van der Waals surface area contributed by atoms with Crippen LogP contribution in [0.15, 0.2) is 83.8 Å². The number of fused-ring (bicyclic) bond motifs is 1. The first-order chi connectivity index (χ1) is 18.5. The molecule has 0 saturated carbocycles. The second kappa shape index (κ2) is 11.6. The topological polar surface area (TPSA) is 79.0 Å². The van der Waals surface area contributed by atoms with Gasteiger partial charge in [-0.25, -0.2) is 13.2 Å². The Morgan fingerprint density at radius 3 is 2.50 bits per heavy atom. The molecule has 3 aromatic carbocycles. The third-order valence-electron chi connectivity index (χ3n) is 6.61. The first-order valence-corrected chi connectivity index (χ1v) is 15.0. The number of benzene rings is 3. The van der Waals surface area contributed by atoms with Gasteiger partial charge >= 0.3 is 5.97 Å². The second-order valence-electron chi connectivity index (χ2n) is 9.07. The van der Waals surface area contributed by atoms with Gasteiger partial charge in [0.1, 0.15) is 4.88 Å². The quantitative estimate of drug-likeness (QED) is 0.299. The average Bonchev–Trinajstić information content (AvgIpc) is 3.38. The summed E-state index contributed by atoms with van der Waals surface area (Å²) in [6.45, 7) is 5.66. The minimum Gasteiger partial charge on any atom is -0.462 e. The second-order valence-corrected chi connectivity index (χ2v) is 12.0. The highest BCUT2D eigenvalue weighted by Gasteiger charge is 2.29. The number of thiophene rings is 1. The van der Waals surface area contributed by atoms with Gasteiger partial charge in [0.25, 0.3) is 10.0 Å². The van der Waals surface area contributed by atoms with Crippen LogP contribution in [-0.4, -0.2) is 53.7 Å². The third-order valence-corrected chi connectivity index (χ3v) is 9.50. The molecule has 0 amide bonds. The lowest BCUT2D eigenvalue weighted by atomic mass is 10.1. The van der Waals surface area contributed by atoms with Crippen LogP contribution < -0.4 is 14.5 Å². The fraction of sp³-hybridized carbons (Fsp3) is 0.276. The standard InChI is InChI=1S/C29H31N3O4S2/c1-2-36-29(33)28-20-23-12-13-24(21-27(23)37-28)38(34,35)32(17-14-22-8-4-3-5-9-22)26-11-7-6-10-25(26)31-18-15-30-16-19-31/h3-13,20-21,30H,2,14-19H2,1H3. The highest BCUT2D eigenvalue weighted by molar-refractivity contribution is 7.92. The molecule has 0 atom stereocenters. The smallest absolute Gasteiger partial charge is 0.348 e. The lowest BCUT2D eigenvalue weighted by Gasteiger charge is -2.34. The van der Waals surface area contributed by atoms with E-state index < -0.39 is 16.0 Å². The molecule has 0 radical (unpaired) electrons. The summed E-state index contributed by atoms with van der Waals surface area (Å²) in [6, 6.07) is 24.5. The monoisotopic (exact) mass is 549 g/mol. The van der Waals surface area contributed by atoms with Crippen LogP contribution in [0.3, 0.4) is 0 Å². The van der Waals surface area contributed by atoms with Crippen LogP contribution in [0.2, 0.25) is 0 Å². The van der Waals surface area contributed by atoms with E-state index in [0.29, 0.717) is 23.5 Å². The van der Waals surface area contributed by atoms with E-state index in [1.54, 1.807) is 35.5 Å². The number of esters is 1. The van der Waals surface area contributed by atoms with Crippen molar-refractivity contribution in [2.45, 2.75) is 18.2 Å². The number of para-hydroxylation sites is 2. The molecular formula is C29H31N3O4S2. The Bertz CT molecular complexity index is 1510. The van der Waals surface area contributed by atoms with Gasteiger partial charge in [0.2, 0.25) is 0 Å². The molecule has 1 aliphatic heterocycles. The first kappa shape index (κ1) is 26.2. The molecule has 5 rings (SSSR count). The first-order valence-electron chi connectivity index (χ1n) is 12.8. The Morgan fingerprint density at radius 1 is 1.00 bits per heavy atom. The van der Waals surface area contributed by atoms with E-state index in [1.165, 1.54) is 11.3 Å². The number of sulfonamides is 1. The zero-order valence-corrected chi connectivity index (χ0v) is 22.9. The van der Waals surface area contributed by atoms with E-state index in [-0.39, 0.29) is 11.5 Å². The maximum absolute atomic E-state index is 14.3. The van der Waals surface area contributed by atoms with Gasteiger partial charge in [0, 0.05) is 37.4 Å². The summed E-state index contributed by atoms with van der Waals surface area (Å²) in [4.78, 5) is 15.1. The third kappa shape index (κ3) is 5.55. The molecule has 0 bridgehead atoms. The summed E-state index contributed by atoms with van der Waals surface area (Å²) < 4.78 is 36.0. The Balaban J connectivity index is 1.55. The Morgan fingerprint density at radius 2 is 1.74 bits per heavy atom. The van der Waals surface area contributed by atoms with Gasteiger partial charge < -0.3 is 15.0 Å². The number of carbonyl (C=O) groups is 1. The number of hydrogen-bond acceptors (Lipinski definition) is 7. The fourth-order valence-corrected chi connectivity index (χ4v) is 7.27. The molecule has 2 heterocycles. The molecule has 1 aliphatic rings. The van der Waals surface area contributed by atoms with E-state index in [4.69, 9.17) is 4.74 Å². The van der Waals surface area contributed by atoms with Crippen LogP contribution in [0.25, 0.3) is 10.1 Å². The van der Waals surface area contributed by atoms with E-state index in [9.17, 15) is 13.2 Å². The maximum atomic E-state index is 14.3. The molecule has 7 nitrogen and oxygen atoms in total. The predicted molar refractivity (Wildman–Crippen MR) is 154 cm³/mol. The number of carbonyl (C=O) groups excluding carboxylic acids is 1. The van der Waals surface area contributed by atoms with Gasteiger partial charge in [-0.3, -0.25) is 4.31 Å². The number of nitrogens with one attached hydrogen (secondary N) is 1. The van der Waals surface area contributed by atoms with Gasteiger partial charge in [-0.05, 0) is 54.6 Å². The van der Waals surface area contributed by atoms with E-state index in [2.05, 4.69) is 10.2 Å². The van der Waals surface area contributed by atoms with Crippen LogP contribution in [-0.2, 0) is 21.2 Å². The molecule has 4 aromatic rings. The summed E-state index contributed by atoms with van der Waals surface area (Å²) in [5, 5.41) is 4.18. The SMILES string of the molecule is CCOC(=O)c1cc2ccc(S(=O)(=O)N(CCc3ccccc3)c3ccccc3N3CCNCC3)cc2s1. The highest BCUT2D eigenvalue weighted by atomic mass is 32.2. The molecule has 0 spiro atoms. The molecule has 1 N–H and O–H groups in total. The average molecular weight is 550 g/mol. The lowest BCUT2D eigenvalue weighted by Crippen LogP contribution is -2.44. The van der Waals surface area contributed by atoms with Gasteiger partial charge in [0.05, 0.1) is 22.9 Å². The Labute approximate surface area is 227 Å². The highest BCUT2D eigenvalue weighted by Crippen LogP contribution is 2.35. The summed E-state index contributed by atoms with van der Waals surface area (Å²) in [7, 11) is -3.92. The summed E-state index contributed by atoms with van der Waals surface area (Å²) in [5.74, 6) is -0.396. The number of ether oxygens (including phenoxy) is 1. The van der Waals surface area contributed by atoms with Gasteiger partial charge in [-0.15, -0.1) is 11.3 Å². The van der Waals surface area contributed by atoms with Crippen molar-refractivity contribution in [2.75, 3.05) is 48.5 Å². The van der Waals surface area contributed by atoms with E-state index in [0.717, 1.165) is 47.5 Å². The zero-order valence-electron chi connectivity index (χ0n) is 21.3. The number of hydrogen-bond donors (Lipinski definition) is 1. The molecule has 0 aliphatic carbocycles. The molecule has 1 saturated heterocycles. The van der Waals surface area contributed by atoms with Crippen LogP contribution in [0.4, 0.5) is 11.4 Å². The molecule has 0 unspecified atom stereocenters. The summed E-state index contributed by atoms with van der Waals surface area (Å²) >= 11 is 1.25. The van der Waals surface area contributed by atoms with Crippen molar-refractivity contribution in [2.24, 2.45) is 0 Å². The van der Waals surface area contributed by atoms with Crippen molar-refractivity contribution in [3.05, 3.63) is 89.3 Å². The molecule has 9 heteroatoms. The lowest BCUT2D eigenvalue weighted by molar-refractivity contribution is 0.0532. The van der Waals surface area contributed by atoms with Crippen LogP contribution in [0, 0.1) is 0 Å². The summed E-state index contributed by atoms with van der Waals surface area (Å²) in [6.07, 6.45) is 0.574. The summed E-state index contributed by atoms with van der Waals surface area (Å²) in [5.41, 5.74) is 2.65. The fourth-order valence-electron chi connectivity index (χ4n) is 4.70. The Hall–Kier alpha value is -3.40. The van der Waals surface area contributed by atoms with Gasteiger partial charge in [0.15, 0.2) is 0 Å². The largest absolute Gasteiger partial charge is 0.462 e. The zero-order chi connectivity index (χ0) is 26.5. The molecule has 198 valence electrons. The maximum Gasteiger partial charge on any atom is 0.348 e. The molecule has 1 aromatic heterocycles. The van der Waals surface area contributed by atoms with Crippen molar-refractivity contribution in [1.82, 2.24) is 5.32 Å². The van der Waals surface area contributed by atoms with Crippen LogP contribution in [0.5, 0.6) is 0 Å². The van der Waals surface area contributed by atoms with Gasteiger partial charge in [-0.1, -0.05) is 48.5 Å². The van der Waals surface area contributed by atoms with Crippen LogP contribution in [0.1, 0.15) is 22.2 Å². The minimum atomic E-state index is -3.92. The normalized spacial score (nSPS) is 14.0. The van der Waals surface area contributed by atoms with Gasteiger partial charge in [-0.2, -0.15) is 0 Å². The number of anilines is 2. The molecular weight excluding hydrogens is 518 g/mol. The van der Waals surface area contributed by atoms with Crippen molar-refractivity contribution >= 4 is 48.8 Å². The minimum absolute atomic E-state index is 0.199. The predicted octanol–water partition coefficient (Wildman–Crippen LogP) is 4.93. The van der Waals surface area contributed by atoms with Crippen molar-refractivity contribution in [3.8, 4) is 0 Å². The van der Waals surface area contributed by atoms with E-state index in [1.807, 2.05) is 54.6 Å². The number of rotatable bonds is 9. The van der Waals surface area contributed by atoms with Crippen molar-refractivity contribution in [3.63, 3.8) is 0 Å². The van der Waals surface area contributed by atoms with E-state index >= 15 is 0 Å². The number of nitrogens with zero attached hydrogens (tertiary/aromatic N) is 2. The molecule has 1 fully saturated rings. The van der Waals surface area contributed by atoms with Crippen LogP contribution >= 0.6 is 11.3 Å². The Kier molecular flexibility index (Phi) is 7.97.